The third kappa shape index (κ3) is 7.23. The van der Waals surface area contributed by atoms with Crippen LogP contribution in [0.5, 0.6) is 0 Å². The van der Waals surface area contributed by atoms with Gasteiger partial charge >= 0.3 is 12.1 Å². The largest absolute Gasteiger partial charge is 0.454 e. The standard InChI is InChI=1S/C16H19F3N2O4/c1-3-10(2)21-13(22)9-25-14(23)8-20-15(24)11-4-6-12(7-5-11)16(17,18)19/h4-7,10H,3,8-9H2,1-2H3,(H,20,24)(H,21,22)/t10-/m1/s1. The Morgan fingerprint density at radius 1 is 1.16 bits per heavy atom. The molecule has 0 radical (unpaired) electrons. The lowest BCUT2D eigenvalue weighted by Crippen LogP contribution is -2.37. The molecule has 0 aliphatic carbocycles. The van der Waals surface area contributed by atoms with Crippen LogP contribution < -0.4 is 10.6 Å². The number of benzene rings is 1. The van der Waals surface area contributed by atoms with Crippen LogP contribution >= 0.6 is 0 Å². The van der Waals surface area contributed by atoms with Crippen molar-refractivity contribution in [2.24, 2.45) is 0 Å². The number of esters is 1. The highest BCUT2D eigenvalue weighted by atomic mass is 19.4. The number of alkyl halides is 3. The van der Waals surface area contributed by atoms with Crippen LogP contribution in [0.1, 0.15) is 36.2 Å². The Bertz CT molecular complexity index is 615. The summed E-state index contributed by atoms with van der Waals surface area (Å²) in [5.41, 5.74) is -0.911. The molecule has 0 fully saturated rings. The summed E-state index contributed by atoms with van der Waals surface area (Å²) in [6.07, 6.45) is -3.77. The number of carbonyl (C=O) groups excluding carboxylic acids is 3. The Hall–Kier alpha value is -2.58. The number of hydrogen-bond acceptors (Lipinski definition) is 4. The molecular formula is C16H19F3N2O4. The lowest BCUT2D eigenvalue weighted by Gasteiger charge is -2.11. The number of carbonyl (C=O) groups is 3. The second-order valence-corrected chi connectivity index (χ2v) is 5.30. The van der Waals surface area contributed by atoms with Crippen molar-refractivity contribution < 1.29 is 32.3 Å². The fourth-order valence-corrected chi connectivity index (χ4v) is 1.68. The van der Waals surface area contributed by atoms with Crippen molar-refractivity contribution in [3.05, 3.63) is 35.4 Å². The molecule has 2 amide bonds. The zero-order chi connectivity index (χ0) is 19.0. The summed E-state index contributed by atoms with van der Waals surface area (Å²) in [7, 11) is 0. The van der Waals surface area contributed by atoms with Crippen LogP contribution in [0.4, 0.5) is 13.2 Å². The summed E-state index contributed by atoms with van der Waals surface area (Å²) in [4.78, 5) is 34.6. The van der Waals surface area contributed by atoms with Crippen molar-refractivity contribution >= 4 is 17.8 Å². The summed E-state index contributed by atoms with van der Waals surface area (Å²) in [6.45, 7) is 2.70. The lowest BCUT2D eigenvalue weighted by atomic mass is 10.1. The summed E-state index contributed by atoms with van der Waals surface area (Å²) in [5.74, 6) is -2.02. The van der Waals surface area contributed by atoms with E-state index in [1.807, 2.05) is 6.92 Å². The molecule has 0 saturated heterocycles. The van der Waals surface area contributed by atoms with Crippen LogP contribution in [-0.2, 0) is 20.5 Å². The highest BCUT2D eigenvalue weighted by Gasteiger charge is 2.30. The van der Waals surface area contributed by atoms with E-state index in [2.05, 4.69) is 15.4 Å². The van der Waals surface area contributed by atoms with Gasteiger partial charge in [0.05, 0.1) is 5.56 Å². The molecule has 0 saturated carbocycles. The van der Waals surface area contributed by atoms with E-state index in [-0.39, 0.29) is 11.6 Å². The molecule has 1 atom stereocenters. The first-order valence-corrected chi connectivity index (χ1v) is 7.54. The molecule has 1 aromatic carbocycles. The number of hydrogen-bond donors (Lipinski definition) is 2. The summed E-state index contributed by atoms with van der Waals surface area (Å²) in [6, 6.07) is 3.50. The second kappa shape index (κ2) is 9.05. The zero-order valence-electron chi connectivity index (χ0n) is 13.8. The van der Waals surface area contributed by atoms with E-state index in [0.29, 0.717) is 0 Å². The second-order valence-electron chi connectivity index (χ2n) is 5.30. The molecule has 2 N–H and O–H groups in total. The molecule has 1 aromatic rings. The van der Waals surface area contributed by atoms with E-state index in [9.17, 15) is 27.6 Å². The van der Waals surface area contributed by atoms with Gasteiger partial charge in [0.25, 0.3) is 11.8 Å². The van der Waals surface area contributed by atoms with Crippen LogP contribution in [0.3, 0.4) is 0 Å². The number of ether oxygens (including phenoxy) is 1. The van der Waals surface area contributed by atoms with Crippen LogP contribution in [0.2, 0.25) is 0 Å². The van der Waals surface area contributed by atoms with Gasteiger partial charge < -0.3 is 15.4 Å². The molecule has 0 spiro atoms. The van der Waals surface area contributed by atoms with Crippen molar-refractivity contribution in [1.82, 2.24) is 10.6 Å². The first kappa shape index (κ1) is 20.5. The van der Waals surface area contributed by atoms with Crippen molar-refractivity contribution in [1.29, 1.82) is 0 Å². The predicted octanol–water partition coefficient (Wildman–Crippen LogP) is 1.89. The minimum atomic E-state index is -4.49. The quantitative estimate of drug-likeness (QED) is 0.728. The molecule has 25 heavy (non-hydrogen) atoms. The van der Waals surface area contributed by atoms with Gasteiger partial charge in [-0.3, -0.25) is 14.4 Å². The highest BCUT2D eigenvalue weighted by Crippen LogP contribution is 2.28. The average Bonchev–Trinajstić information content (AvgIpc) is 2.57. The van der Waals surface area contributed by atoms with Crippen LogP contribution in [0, 0.1) is 0 Å². The van der Waals surface area contributed by atoms with E-state index in [4.69, 9.17) is 0 Å². The number of amides is 2. The Morgan fingerprint density at radius 3 is 2.28 bits per heavy atom. The Labute approximate surface area is 142 Å². The fraction of sp³-hybridized carbons (Fsp3) is 0.438. The summed E-state index contributed by atoms with van der Waals surface area (Å²) >= 11 is 0. The van der Waals surface area contributed by atoms with E-state index in [1.54, 1.807) is 6.92 Å². The van der Waals surface area contributed by atoms with Gasteiger partial charge in [0.2, 0.25) is 0 Å². The molecular weight excluding hydrogens is 341 g/mol. The minimum absolute atomic E-state index is 0.0321. The van der Waals surface area contributed by atoms with Gasteiger partial charge in [-0.1, -0.05) is 6.92 Å². The van der Waals surface area contributed by atoms with Gasteiger partial charge in [0.1, 0.15) is 6.54 Å². The topological polar surface area (TPSA) is 84.5 Å². The number of halogens is 3. The molecule has 9 heteroatoms. The van der Waals surface area contributed by atoms with Gasteiger partial charge in [-0.2, -0.15) is 13.2 Å². The maximum atomic E-state index is 12.4. The van der Waals surface area contributed by atoms with E-state index < -0.39 is 42.7 Å². The third-order valence-electron chi connectivity index (χ3n) is 3.25. The van der Waals surface area contributed by atoms with Crippen molar-refractivity contribution in [3.8, 4) is 0 Å². The monoisotopic (exact) mass is 360 g/mol. The molecule has 1 rings (SSSR count). The van der Waals surface area contributed by atoms with Gasteiger partial charge in [0, 0.05) is 11.6 Å². The van der Waals surface area contributed by atoms with Crippen molar-refractivity contribution in [2.75, 3.05) is 13.2 Å². The predicted molar refractivity (Wildman–Crippen MR) is 82.6 cm³/mol. The van der Waals surface area contributed by atoms with E-state index >= 15 is 0 Å². The first-order chi connectivity index (χ1) is 11.6. The molecule has 0 unspecified atom stereocenters. The van der Waals surface area contributed by atoms with E-state index in [0.717, 1.165) is 30.7 Å². The number of nitrogens with one attached hydrogen (secondary N) is 2. The van der Waals surface area contributed by atoms with E-state index in [1.165, 1.54) is 0 Å². The zero-order valence-corrected chi connectivity index (χ0v) is 13.8. The SMILES string of the molecule is CC[C@@H](C)NC(=O)COC(=O)CNC(=O)c1ccc(C(F)(F)F)cc1. The normalized spacial score (nSPS) is 12.2. The number of rotatable bonds is 7. The maximum absolute atomic E-state index is 12.4. The van der Waals surface area contributed by atoms with Gasteiger partial charge in [0.15, 0.2) is 6.61 Å². The Morgan fingerprint density at radius 2 is 1.76 bits per heavy atom. The molecule has 0 aliphatic rings. The fourth-order valence-electron chi connectivity index (χ4n) is 1.68. The van der Waals surface area contributed by atoms with Gasteiger partial charge in [-0.05, 0) is 37.6 Å². The molecule has 6 nitrogen and oxygen atoms in total. The molecule has 0 aromatic heterocycles. The Kier molecular flexibility index (Phi) is 7.41. The third-order valence-corrected chi connectivity index (χ3v) is 3.25. The van der Waals surface area contributed by atoms with Crippen molar-refractivity contribution in [2.45, 2.75) is 32.5 Å². The first-order valence-electron chi connectivity index (χ1n) is 7.54. The maximum Gasteiger partial charge on any atom is 0.416 e. The van der Waals surface area contributed by atoms with Crippen LogP contribution in [-0.4, -0.2) is 37.0 Å². The highest BCUT2D eigenvalue weighted by molar-refractivity contribution is 5.96. The average molecular weight is 360 g/mol. The molecule has 0 aliphatic heterocycles. The van der Waals surface area contributed by atoms with Gasteiger partial charge in [-0.25, -0.2) is 0 Å². The summed E-state index contributed by atoms with van der Waals surface area (Å²) < 4.78 is 42.0. The van der Waals surface area contributed by atoms with Crippen LogP contribution in [0.15, 0.2) is 24.3 Å². The Balaban J connectivity index is 2.40. The molecule has 138 valence electrons. The summed E-state index contributed by atoms with van der Waals surface area (Å²) in [5, 5.41) is 4.80. The molecule has 0 heterocycles. The van der Waals surface area contributed by atoms with Gasteiger partial charge in [-0.15, -0.1) is 0 Å². The smallest absolute Gasteiger partial charge is 0.416 e. The lowest BCUT2D eigenvalue weighted by molar-refractivity contribution is -0.147. The van der Waals surface area contributed by atoms with Crippen LogP contribution in [0.25, 0.3) is 0 Å². The van der Waals surface area contributed by atoms with Crippen molar-refractivity contribution in [3.63, 3.8) is 0 Å². The minimum Gasteiger partial charge on any atom is -0.454 e. The molecule has 0 bridgehead atoms.